The van der Waals surface area contributed by atoms with Crippen LogP contribution in [0.1, 0.15) is 39.5 Å². The van der Waals surface area contributed by atoms with Gasteiger partial charge in [0.25, 0.3) is 5.92 Å². The maximum absolute atomic E-state index is 13.6. The summed E-state index contributed by atoms with van der Waals surface area (Å²) in [5.74, 6) is -2.53. The Morgan fingerprint density at radius 2 is 1.90 bits per heavy atom. The lowest BCUT2D eigenvalue weighted by Gasteiger charge is -2.19. The van der Waals surface area contributed by atoms with Gasteiger partial charge in [-0.3, -0.25) is 4.79 Å². The Morgan fingerprint density at radius 3 is 2.66 bits per heavy atom. The number of nitrogens with zero attached hydrogens (tertiary/aromatic N) is 2. The van der Waals surface area contributed by atoms with Gasteiger partial charge in [-0.15, -0.1) is 0 Å². The first-order valence-electron chi connectivity index (χ1n) is 9.44. The molecule has 0 spiro atoms. The second-order valence-electron chi connectivity index (χ2n) is 7.36. The molecule has 1 aromatic heterocycles. The van der Waals surface area contributed by atoms with Crippen LogP contribution in [0.5, 0.6) is 0 Å². The topological polar surface area (TPSA) is 59.2 Å². The monoisotopic (exact) mass is 393 g/mol. The fourth-order valence-corrected chi connectivity index (χ4v) is 3.81. The van der Waals surface area contributed by atoms with Gasteiger partial charge in [-0.05, 0) is 59.9 Å². The average Bonchev–Trinajstić information content (AvgIpc) is 3.12. The van der Waals surface area contributed by atoms with Crippen molar-refractivity contribution in [1.82, 2.24) is 4.98 Å². The van der Waals surface area contributed by atoms with Crippen LogP contribution < -0.4 is 10.6 Å². The Hall–Kier alpha value is -3.28. The minimum atomic E-state index is -2.86. The molecular weight excluding hydrogens is 372 g/mol. The van der Waals surface area contributed by atoms with Gasteiger partial charge >= 0.3 is 0 Å². The highest BCUT2D eigenvalue weighted by Crippen LogP contribution is 2.36. The third-order valence-corrected chi connectivity index (χ3v) is 5.22. The SMILES string of the molecule is CC(F)(F)c1cccc(Cc2ccnc(N3CCc4c(C(N)=O)cccc43)c2)c1. The molecule has 0 unspecified atom stereocenters. The predicted molar refractivity (Wildman–Crippen MR) is 109 cm³/mol. The van der Waals surface area contributed by atoms with Gasteiger partial charge in [0.05, 0.1) is 0 Å². The maximum atomic E-state index is 13.6. The van der Waals surface area contributed by atoms with Crippen molar-refractivity contribution in [2.75, 3.05) is 11.4 Å². The number of nitrogens with two attached hydrogens (primary N) is 1. The quantitative estimate of drug-likeness (QED) is 0.690. The number of amides is 1. The highest BCUT2D eigenvalue weighted by Gasteiger charge is 2.26. The number of primary amides is 1. The molecule has 0 bridgehead atoms. The van der Waals surface area contributed by atoms with E-state index in [9.17, 15) is 13.6 Å². The smallest absolute Gasteiger partial charge is 0.270 e. The minimum absolute atomic E-state index is 0.0109. The first kappa shape index (κ1) is 19.1. The summed E-state index contributed by atoms with van der Waals surface area (Å²) in [4.78, 5) is 18.2. The first-order chi connectivity index (χ1) is 13.8. The van der Waals surface area contributed by atoms with Crippen molar-refractivity contribution >= 4 is 17.4 Å². The second kappa shape index (κ2) is 7.28. The summed E-state index contributed by atoms with van der Waals surface area (Å²) in [6.07, 6.45) is 2.97. The lowest BCUT2D eigenvalue weighted by atomic mass is 10.0. The second-order valence-corrected chi connectivity index (χ2v) is 7.36. The maximum Gasteiger partial charge on any atom is 0.270 e. The molecule has 2 aromatic carbocycles. The Morgan fingerprint density at radius 1 is 1.14 bits per heavy atom. The van der Waals surface area contributed by atoms with Gasteiger partial charge in [-0.2, -0.15) is 0 Å². The van der Waals surface area contributed by atoms with E-state index in [2.05, 4.69) is 9.88 Å². The molecule has 0 saturated heterocycles. The molecular formula is C23H21F2N3O. The number of hydrogen-bond donors (Lipinski definition) is 1. The molecule has 2 heterocycles. The molecule has 0 radical (unpaired) electrons. The van der Waals surface area contributed by atoms with E-state index in [0.29, 0.717) is 24.9 Å². The highest BCUT2D eigenvalue weighted by molar-refractivity contribution is 5.96. The van der Waals surface area contributed by atoms with Crippen molar-refractivity contribution in [2.24, 2.45) is 5.73 Å². The Kier molecular flexibility index (Phi) is 4.78. The molecule has 1 aliphatic heterocycles. The Bertz CT molecular complexity index is 1080. The number of hydrogen-bond acceptors (Lipinski definition) is 3. The van der Waals surface area contributed by atoms with Gasteiger partial charge in [0.2, 0.25) is 5.91 Å². The summed E-state index contributed by atoms with van der Waals surface area (Å²) in [7, 11) is 0. The summed E-state index contributed by atoms with van der Waals surface area (Å²) >= 11 is 0. The summed E-state index contributed by atoms with van der Waals surface area (Å²) in [5, 5.41) is 0. The highest BCUT2D eigenvalue weighted by atomic mass is 19.3. The number of carbonyl (C=O) groups is 1. The zero-order valence-electron chi connectivity index (χ0n) is 16.0. The molecule has 148 valence electrons. The van der Waals surface area contributed by atoms with Crippen LogP contribution in [0.15, 0.2) is 60.8 Å². The largest absolute Gasteiger partial charge is 0.366 e. The molecule has 1 aliphatic rings. The van der Waals surface area contributed by atoms with Crippen LogP contribution in [0.3, 0.4) is 0 Å². The van der Waals surface area contributed by atoms with E-state index in [1.165, 1.54) is 6.07 Å². The molecule has 29 heavy (non-hydrogen) atoms. The number of pyridine rings is 1. The summed E-state index contributed by atoms with van der Waals surface area (Å²) < 4.78 is 27.2. The van der Waals surface area contributed by atoms with Crippen LogP contribution in [0.4, 0.5) is 20.3 Å². The molecule has 3 aromatic rings. The van der Waals surface area contributed by atoms with Crippen molar-refractivity contribution in [1.29, 1.82) is 0 Å². The molecule has 0 fully saturated rings. The van der Waals surface area contributed by atoms with Crippen molar-refractivity contribution in [3.05, 3.63) is 88.6 Å². The lowest BCUT2D eigenvalue weighted by Crippen LogP contribution is -2.15. The average molecular weight is 393 g/mol. The number of anilines is 2. The third-order valence-electron chi connectivity index (χ3n) is 5.22. The number of rotatable bonds is 5. The zero-order chi connectivity index (χ0) is 20.6. The fourth-order valence-electron chi connectivity index (χ4n) is 3.81. The van der Waals surface area contributed by atoms with E-state index >= 15 is 0 Å². The van der Waals surface area contributed by atoms with E-state index in [-0.39, 0.29) is 5.56 Å². The molecule has 4 rings (SSSR count). The number of carbonyl (C=O) groups excluding carboxylic acids is 1. The molecule has 1 amide bonds. The van der Waals surface area contributed by atoms with Crippen molar-refractivity contribution < 1.29 is 13.6 Å². The molecule has 6 heteroatoms. The fraction of sp³-hybridized carbons (Fsp3) is 0.217. The van der Waals surface area contributed by atoms with Crippen molar-refractivity contribution in [2.45, 2.75) is 25.7 Å². The molecule has 4 nitrogen and oxygen atoms in total. The third kappa shape index (κ3) is 3.83. The van der Waals surface area contributed by atoms with Gasteiger partial charge in [-0.25, -0.2) is 13.8 Å². The summed E-state index contributed by atoms with van der Waals surface area (Å²) in [5.41, 5.74) is 9.71. The van der Waals surface area contributed by atoms with Crippen LogP contribution in [0.2, 0.25) is 0 Å². The molecule has 0 atom stereocenters. The molecule has 2 N–H and O–H groups in total. The van der Waals surface area contributed by atoms with E-state index in [0.717, 1.165) is 35.1 Å². The normalized spacial score (nSPS) is 13.4. The van der Waals surface area contributed by atoms with E-state index in [1.54, 1.807) is 24.4 Å². The number of halogens is 2. The van der Waals surface area contributed by atoms with E-state index in [1.807, 2.05) is 30.3 Å². The Labute approximate surface area is 168 Å². The summed E-state index contributed by atoms with van der Waals surface area (Å²) in [6.45, 7) is 1.61. The van der Waals surface area contributed by atoms with Gasteiger partial charge in [0.15, 0.2) is 0 Å². The lowest BCUT2D eigenvalue weighted by molar-refractivity contribution is 0.0174. The first-order valence-corrected chi connectivity index (χ1v) is 9.44. The number of alkyl halides is 2. The number of fused-ring (bicyclic) bond motifs is 1. The van der Waals surface area contributed by atoms with Crippen molar-refractivity contribution in [3.63, 3.8) is 0 Å². The number of benzene rings is 2. The van der Waals surface area contributed by atoms with Crippen LogP contribution in [0.25, 0.3) is 0 Å². The van der Waals surface area contributed by atoms with Crippen LogP contribution >= 0.6 is 0 Å². The van der Waals surface area contributed by atoms with Crippen LogP contribution in [-0.4, -0.2) is 17.4 Å². The summed E-state index contributed by atoms with van der Waals surface area (Å²) in [6, 6.07) is 15.9. The van der Waals surface area contributed by atoms with Gasteiger partial charge in [-0.1, -0.05) is 24.3 Å². The van der Waals surface area contributed by atoms with Crippen molar-refractivity contribution in [3.8, 4) is 0 Å². The van der Waals surface area contributed by atoms with Gasteiger partial charge in [0.1, 0.15) is 5.82 Å². The Balaban J connectivity index is 1.62. The predicted octanol–water partition coefficient (Wildman–Crippen LogP) is 4.58. The minimum Gasteiger partial charge on any atom is -0.366 e. The molecule has 0 aliphatic carbocycles. The van der Waals surface area contributed by atoms with Crippen LogP contribution in [0, 0.1) is 0 Å². The van der Waals surface area contributed by atoms with Gasteiger partial charge in [0, 0.05) is 36.5 Å². The van der Waals surface area contributed by atoms with E-state index < -0.39 is 11.8 Å². The standard InChI is InChI=1S/C23H21F2N3O/c1-23(24,25)17-5-2-4-15(13-17)12-16-8-10-27-21(14-16)28-11-9-18-19(22(26)29)6-3-7-20(18)28/h2-8,10,13-14H,9,11-12H2,1H3,(H2,26,29). The zero-order valence-corrected chi connectivity index (χ0v) is 16.0. The van der Waals surface area contributed by atoms with E-state index in [4.69, 9.17) is 5.73 Å². The number of aromatic nitrogens is 1. The van der Waals surface area contributed by atoms with Crippen LogP contribution in [-0.2, 0) is 18.8 Å². The molecule has 0 saturated carbocycles. The van der Waals surface area contributed by atoms with Gasteiger partial charge < -0.3 is 10.6 Å².